The quantitative estimate of drug-likeness (QED) is 0.679. The third-order valence-corrected chi connectivity index (χ3v) is 2.25. The van der Waals surface area contributed by atoms with E-state index in [-0.39, 0.29) is 0 Å². The number of carboxylic acid groups (broad SMARTS) is 1. The monoisotopic (exact) mass is 335 g/mol. The number of alkyl halides is 5. The Balaban J connectivity index is 3.46. The third kappa shape index (κ3) is 3.28. The number of rotatable bonds is 3. The van der Waals surface area contributed by atoms with Crippen LogP contribution in [0.25, 0.3) is 0 Å². The fourth-order valence-corrected chi connectivity index (χ4v) is 1.46. The van der Waals surface area contributed by atoms with Crippen molar-refractivity contribution in [1.82, 2.24) is 4.98 Å². The number of aromatic carboxylic acids is 1. The van der Waals surface area contributed by atoms with Gasteiger partial charge in [-0.05, 0) is 15.9 Å². The van der Waals surface area contributed by atoms with Crippen LogP contribution in [0.15, 0.2) is 10.8 Å². The van der Waals surface area contributed by atoms with Gasteiger partial charge in [-0.1, -0.05) is 0 Å². The fraction of sp³-hybridized carbons (Fsp3) is 0.250. The molecule has 0 bridgehead atoms. The van der Waals surface area contributed by atoms with Gasteiger partial charge in [0.1, 0.15) is 10.2 Å². The molecule has 1 aromatic heterocycles. The average molecular weight is 336 g/mol. The van der Waals surface area contributed by atoms with Gasteiger partial charge in [0.25, 0.3) is 6.43 Å². The van der Waals surface area contributed by atoms with E-state index in [1.54, 1.807) is 0 Å². The lowest BCUT2D eigenvalue weighted by molar-refractivity contribution is -0.275. The first-order chi connectivity index (χ1) is 8.13. The summed E-state index contributed by atoms with van der Waals surface area (Å²) in [6.45, 7) is 0. The Hall–Kier alpha value is -1.45. The molecule has 0 radical (unpaired) electrons. The highest BCUT2D eigenvalue weighted by Crippen LogP contribution is 2.37. The zero-order chi connectivity index (χ0) is 14.1. The van der Waals surface area contributed by atoms with Gasteiger partial charge in [0.15, 0.2) is 5.75 Å². The number of hydrogen-bond donors (Lipinski definition) is 1. The average Bonchev–Trinajstić information content (AvgIpc) is 2.17. The maximum absolute atomic E-state index is 12.5. The van der Waals surface area contributed by atoms with Crippen LogP contribution in [0.3, 0.4) is 0 Å². The second-order valence-electron chi connectivity index (χ2n) is 2.86. The van der Waals surface area contributed by atoms with Gasteiger partial charge in [0.05, 0.1) is 5.56 Å². The molecule has 0 amide bonds. The maximum atomic E-state index is 12.5. The molecule has 0 aliphatic carbocycles. The van der Waals surface area contributed by atoms with Crippen LogP contribution in [0.5, 0.6) is 5.75 Å². The van der Waals surface area contributed by atoms with Crippen molar-refractivity contribution in [3.05, 3.63) is 21.9 Å². The Kier molecular flexibility index (Phi) is 4.09. The number of pyridine rings is 1. The molecule has 0 saturated carbocycles. The van der Waals surface area contributed by atoms with E-state index in [2.05, 4.69) is 25.7 Å². The molecule has 0 spiro atoms. The first-order valence-corrected chi connectivity index (χ1v) is 4.88. The van der Waals surface area contributed by atoms with Crippen molar-refractivity contribution in [2.24, 2.45) is 0 Å². The van der Waals surface area contributed by atoms with Crippen molar-refractivity contribution in [3.63, 3.8) is 0 Å². The lowest BCUT2D eigenvalue weighted by Crippen LogP contribution is -2.20. The molecule has 1 heterocycles. The number of carbonyl (C=O) groups is 1. The Morgan fingerprint density at radius 2 is 2.00 bits per heavy atom. The first-order valence-electron chi connectivity index (χ1n) is 4.09. The van der Waals surface area contributed by atoms with Gasteiger partial charge in [0.2, 0.25) is 0 Å². The van der Waals surface area contributed by atoms with Crippen LogP contribution < -0.4 is 4.74 Å². The number of aromatic nitrogens is 1. The highest BCUT2D eigenvalue weighted by molar-refractivity contribution is 9.10. The second kappa shape index (κ2) is 5.04. The van der Waals surface area contributed by atoms with E-state index >= 15 is 0 Å². The van der Waals surface area contributed by atoms with Crippen molar-refractivity contribution >= 4 is 21.9 Å². The van der Waals surface area contributed by atoms with Crippen LogP contribution in [0, 0.1) is 0 Å². The largest absolute Gasteiger partial charge is 0.573 e. The van der Waals surface area contributed by atoms with Crippen LogP contribution >= 0.6 is 15.9 Å². The Morgan fingerprint density at radius 3 is 2.39 bits per heavy atom. The maximum Gasteiger partial charge on any atom is 0.573 e. The van der Waals surface area contributed by atoms with Gasteiger partial charge in [-0.25, -0.2) is 18.6 Å². The van der Waals surface area contributed by atoms with Gasteiger partial charge in [-0.2, -0.15) is 0 Å². The Morgan fingerprint density at radius 1 is 1.44 bits per heavy atom. The minimum atomic E-state index is -5.23. The van der Waals surface area contributed by atoms with E-state index < -0.39 is 40.2 Å². The van der Waals surface area contributed by atoms with E-state index in [0.29, 0.717) is 6.20 Å². The Labute approximate surface area is 105 Å². The summed E-state index contributed by atoms with van der Waals surface area (Å²) in [5.41, 5.74) is -2.45. The van der Waals surface area contributed by atoms with Crippen molar-refractivity contribution < 1.29 is 36.6 Å². The molecule has 0 unspecified atom stereocenters. The molecule has 10 heteroatoms. The molecule has 0 aliphatic rings. The molecule has 0 aromatic carbocycles. The predicted octanol–water partition coefficient (Wildman–Crippen LogP) is 3.38. The van der Waals surface area contributed by atoms with Crippen LogP contribution in [-0.4, -0.2) is 22.4 Å². The van der Waals surface area contributed by atoms with Gasteiger partial charge in [-0.15, -0.1) is 13.2 Å². The normalized spacial score (nSPS) is 11.7. The smallest absolute Gasteiger partial charge is 0.478 e. The van der Waals surface area contributed by atoms with Crippen LogP contribution in [0.2, 0.25) is 0 Å². The van der Waals surface area contributed by atoms with Crippen LogP contribution in [0.4, 0.5) is 22.0 Å². The minimum Gasteiger partial charge on any atom is -0.478 e. The SMILES string of the molecule is O=C(O)c1c(C(F)F)cnc(Br)c1OC(F)(F)F. The molecular weight excluding hydrogens is 333 g/mol. The summed E-state index contributed by atoms with van der Waals surface area (Å²) < 4.78 is 63.8. The van der Waals surface area contributed by atoms with E-state index in [4.69, 9.17) is 5.11 Å². The van der Waals surface area contributed by atoms with E-state index in [1.165, 1.54) is 0 Å². The zero-order valence-electron chi connectivity index (χ0n) is 8.13. The number of ether oxygens (including phenoxy) is 1. The summed E-state index contributed by atoms with van der Waals surface area (Å²) in [7, 11) is 0. The van der Waals surface area contributed by atoms with Crippen molar-refractivity contribution in [1.29, 1.82) is 0 Å². The van der Waals surface area contributed by atoms with Gasteiger partial charge >= 0.3 is 12.3 Å². The van der Waals surface area contributed by atoms with Gasteiger partial charge < -0.3 is 9.84 Å². The topological polar surface area (TPSA) is 59.4 Å². The lowest BCUT2D eigenvalue weighted by atomic mass is 10.1. The summed E-state index contributed by atoms with van der Waals surface area (Å²) >= 11 is 2.51. The summed E-state index contributed by atoms with van der Waals surface area (Å²) in [5.74, 6) is -3.29. The lowest BCUT2D eigenvalue weighted by Gasteiger charge is -2.14. The van der Waals surface area contributed by atoms with E-state index in [9.17, 15) is 26.7 Å². The first kappa shape index (κ1) is 14.6. The molecule has 0 atom stereocenters. The molecule has 1 N–H and O–H groups in total. The molecule has 1 rings (SSSR count). The fourth-order valence-electron chi connectivity index (χ4n) is 1.08. The molecule has 18 heavy (non-hydrogen) atoms. The van der Waals surface area contributed by atoms with Crippen LogP contribution in [0.1, 0.15) is 22.3 Å². The van der Waals surface area contributed by atoms with Gasteiger partial charge in [-0.3, -0.25) is 0 Å². The molecule has 4 nitrogen and oxygen atoms in total. The highest BCUT2D eigenvalue weighted by Gasteiger charge is 2.36. The van der Waals surface area contributed by atoms with Gasteiger partial charge in [0, 0.05) is 6.20 Å². The van der Waals surface area contributed by atoms with Crippen molar-refractivity contribution in [3.8, 4) is 5.75 Å². The summed E-state index contributed by atoms with van der Waals surface area (Å²) in [4.78, 5) is 13.9. The zero-order valence-corrected chi connectivity index (χ0v) is 9.72. The molecule has 100 valence electrons. The summed E-state index contributed by atoms with van der Waals surface area (Å²) in [6.07, 6.45) is -8.07. The van der Waals surface area contributed by atoms with Crippen LogP contribution in [-0.2, 0) is 0 Å². The number of carboxylic acids is 1. The summed E-state index contributed by atoms with van der Waals surface area (Å²) in [6, 6.07) is 0. The standard InChI is InChI=1S/C8H3BrF5NO3/c9-5-4(18-8(12,13)14)3(7(16)17)2(1-15-5)6(10)11/h1,6H,(H,16,17). The number of halogens is 6. The van der Waals surface area contributed by atoms with E-state index in [1.807, 2.05) is 0 Å². The predicted molar refractivity (Wildman–Crippen MR) is 50.5 cm³/mol. The molecular formula is C8H3BrF5NO3. The Bertz CT molecular complexity index is 477. The molecule has 1 aromatic rings. The molecule has 0 aliphatic heterocycles. The minimum absolute atomic E-state index is 0.460. The van der Waals surface area contributed by atoms with Crippen molar-refractivity contribution in [2.45, 2.75) is 12.8 Å². The number of nitrogens with zero attached hydrogens (tertiary/aromatic N) is 1. The molecule has 0 saturated heterocycles. The van der Waals surface area contributed by atoms with Crippen molar-refractivity contribution in [2.75, 3.05) is 0 Å². The second-order valence-corrected chi connectivity index (χ2v) is 3.61. The number of hydrogen-bond acceptors (Lipinski definition) is 3. The summed E-state index contributed by atoms with van der Waals surface area (Å²) in [5, 5.41) is 8.69. The highest BCUT2D eigenvalue weighted by atomic mass is 79.9. The van der Waals surface area contributed by atoms with E-state index in [0.717, 1.165) is 0 Å². The molecule has 0 fully saturated rings. The third-order valence-electron chi connectivity index (χ3n) is 1.69.